The summed E-state index contributed by atoms with van der Waals surface area (Å²) < 4.78 is 5.50. The van der Waals surface area contributed by atoms with Crippen LogP contribution in [0, 0.1) is 44.9 Å². The lowest BCUT2D eigenvalue weighted by atomic mass is 9.89. The van der Waals surface area contributed by atoms with Crippen LogP contribution < -0.4 is 0 Å². The van der Waals surface area contributed by atoms with Gasteiger partial charge in [0.1, 0.15) is 0 Å². The number of nitro benzene ring substituents is 2. The molecule has 0 atom stereocenters. The lowest BCUT2D eigenvalue weighted by Crippen LogP contribution is -2.32. The fourth-order valence-corrected chi connectivity index (χ4v) is 3.67. The average molecular weight is 416 g/mol. The number of nitrogens with zero attached hydrogens (tertiary/aromatic N) is 2. The van der Waals surface area contributed by atoms with Crippen molar-refractivity contribution >= 4 is 22.9 Å². The summed E-state index contributed by atoms with van der Waals surface area (Å²) in [4.78, 5) is 33.4. The third kappa shape index (κ3) is 4.00. The van der Waals surface area contributed by atoms with Gasteiger partial charge in [-0.05, 0) is 46.0 Å². The van der Waals surface area contributed by atoms with E-state index in [1.54, 1.807) is 18.2 Å². The molecule has 0 unspecified atom stereocenters. The van der Waals surface area contributed by atoms with E-state index in [4.69, 9.17) is 17.6 Å². The van der Waals surface area contributed by atoms with Gasteiger partial charge in [0.25, 0.3) is 11.4 Å². The van der Waals surface area contributed by atoms with E-state index in [0.29, 0.717) is 27.8 Å². The van der Waals surface area contributed by atoms with Crippen LogP contribution in [0.2, 0.25) is 0 Å². The Kier molecular flexibility index (Phi) is 5.58. The largest absolute Gasteiger partial charge is 0.453 e. The number of nitro groups is 2. The number of carbonyl (C=O) groups excluding carboxylic acids is 1. The topological polar surface area (TPSA) is 113 Å². The van der Waals surface area contributed by atoms with Crippen LogP contribution >= 0.6 is 0 Å². The molecule has 8 heteroatoms. The van der Waals surface area contributed by atoms with Crippen LogP contribution in [0.3, 0.4) is 0 Å². The van der Waals surface area contributed by atoms with Gasteiger partial charge in [-0.25, -0.2) is 0 Å². The summed E-state index contributed by atoms with van der Waals surface area (Å²) in [5.74, 6) is 4.28. The van der Waals surface area contributed by atoms with Gasteiger partial charge >= 0.3 is 5.97 Å². The first-order valence-electron chi connectivity index (χ1n) is 9.08. The van der Waals surface area contributed by atoms with Crippen molar-refractivity contribution in [1.29, 1.82) is 0 Å². The second-order valence-electron chi connectivity index (χ2n) is 6.95. The number of esters is 1. The molecule has 0 spiro atoms. The van der Waals surface area contributed by atoms with Crippen molar-refractivity contribution in [3.63, 3.8) is 0 Å². The Morgan fingerprint density at radius 1 is 0.968 bits per heavy atom. The second-order valence-corrected chi connectivity index (χ2v) is 6.95. The fraction of sp³-hybridized carbons (Fsp3) is 0.174. The zero-order valence-electron chi connectivity index (χ0n) is 16.5. The number of terminal acetylenes is 2. The Morgan fingerprint density at radius 2 is 1.42 bits per heavy atom. The van der Waals surface area contributed by atoms with E-state index in [9.17, 15) is 25.0 Å². The highest BCUT2D eigenvalue weighted by Gasteiger charge is 2.35. The Labute approximate surface area is 177 Å². The summed E-state index contributed by atoms with van der Waals surface area (Å²) in [7, 11) is 0. The summed E-state index contributed by atoms with van der Waals surface area (Å²) in [5, 5.41) is 22.7. The Bertz CT molecular complexity index is 1150. The summed E-state index contributed by atoms with van der Waals surface area (Å²) in [5.41, 5.74) is 0.978. The van der Waals surface area contributed by atoms with Crippen molar-refractivity contribution in [3.05, 3.63) is 73.8 Å². The minimum atomic E-state index is -1.38. The van der Waals surface area contributed by atoms with E-state index < -0.39 is 21.4 Å². The number of non-ortho nitro benzene ring substituents is 2. The zero-order valence-corrected chi connectivity index (χ0v) is 16.5. The fourth-order valence-electron chi connectivity index (χ4n) is 3.67. The highest BCUT2D eigenvalue weighted by molar-refractivity contribution is 6.02. The van der Waals surface area contributed by atoms with Crippen molar-refractivity contribution in [2.75, 3.05) is 0 Å². The Balaban J connectivity index is 2.35. The molecule has 0 radical (unpaired) electrons. The second kappa shape index (κ2) is 8.13. The van der Waals surface area contributed by atoms with Gasteiger partial charge in [0.05, 0.1) is 22.7 Å². The van der Waals surface area contributed by atoms with Gasteiger partial charge in [-0.2, -0.15) is 0 Å². The maximum absolute atomic E-state index is 11.8. The van der Waals surface area contributed by atoms with Crippen LogP contribution in [0.5, 0.6) is 0 Å². The van der Waals surface area contributed by atoms with Gasteiger partial charge in [-0.3, -0.25) is 25.0 Å². The number of rotatable bonds is 6. The van der Waals surface area contributed by atoms with Crippen LogP contribution in [0.15, 0.2) is 42.5 Å². The lowest BCUT2D eigenvalue weighted by molar-refractivity contribution is -0.385. The van der Waals surface area contributed by atoms with Crippen molar-refractivity contribution in [3.8, 4) is 35.8 Å². The lowest BCUT2D eigenvalue weighted by Gasteiger charge is -2.27. The van der Waals surface area contributed by atoms with E-state index in [-0.39, 0.29) is 24.2 Å². The zero-order chi connectivity index (χ0) is 22.8. The summed E-state index contributed by atoms with van der Waals surface area (Å²) >= 11 is 0. The van der Waals surface area contributed by atoms with E-state index in [1.165, 1.54) is 31.2 Å². The molecule has 0 bridgehead atoms. The molecule has 0 aliphatic heterocycles. The molecule has 0 N–H and O–H groups in total. The van der Waals surface area contributed by atoms with Crippen molar-refractivity contribution in [2.24, 2.45) is 0 Å². The number of fused-ring (bicyclic) bond motifs is 3. The Morgan fingerprint density at radius 3 is 1.77 bits per heavy atom. The molecule has 0 saturated heterocycles. The van der Waals surface area contributed by atoms with Crippen LogP contribution in [0.1, 0.15) is 30.9 Å². The van der Waals surface area contributed by atoms with E-state index in [1.807, 2.05) is 0 Å². The number of carbonyl (C=O) groups is 1. The predicted octanol–water partition coefficient (Wildman–Crippen LogP) is 4.26. The van der Waals surface area contributed by atoms with Gasteiger partial charge in [-0.15, -0.1) is 24.7 Å². The molecule has 0 saturated carbocycles. The van der Waals surface area contributed by atoms with Crippen LogP contribution in [-0.2, 0) is 9.53 Å². The van der Waals surface area contributed by atoms with E-state index in [0.717, 1.165) is 0 Å². The summed E-state index contributed by atoms with van der Waals surface area (Å²) in [6, 6.07) is 8.61. The maximum atomic E-state index is 11.8. The normalized spacial score (nSPS) is 11.5. The first kappa shape index (κ1) is 21.3. The number of benzene rings is 2. The van der Waals surface area contributed by atoms with Crippen molar-refractivity contribution in [2.45, 2.75) is 25.4 Å². The highest BCUT2D eigenvalue weighted by Crippen LogP contribution is 2.48. The molecule has 2 aromatic rings. The molecule has 2 aromatic carbocycles. The van der Waals surface area contributed by atoms with Gasteiger partial charge in [0.15, 0.2) is 5.60 Å². The SMILES string of the molecule is C#CCC(C=C1c2cc([N+](=O)[O-])ccc2-c2ccc([N+](=O)[O-])cc21)(CC#C)OC(C)=O. The molecule has 0 heterocycles. The first-order chi connectivity index (χ1) is 14.7. The molecular formula is C23H16N2O6. The number of ether oxygens (including phenoxy) is 1. The van der Waals surface area contributed by atoms with E-state index in [2.05, 4.69) is 11.8 Å². The maximum Gasteiger partial charge on any atom is 0.303 e. The molecule has 0 fully saturated rings. The molecule has 31 heavy (non-hydrogen) atoms. The minimum absolute atomic E-state index is 0.0468. The van der Waals surface area contributed by atoms with Crippen LogP contribution in [0.4, 0.5) is 11.4 Å². The smallest absolute Gasteiger partial charge is 0.303 e. The molecule has 1 aliphatic rings. The van der Waals surface area contributed by atoms with Gasteiger partial charge in [0, 0.05) is 31.2 Å². The predicted molar refractivity (Wildman–Crippen MR) is 114 cm³/mol. The molecule has 3 rings (SSSR count). The van der Waals surface area contributed by atoms with Gasteiger partial charge in [0.2, 0.25) is 0 Å². The Hall–Kier alpha value is -4.43. The monoisotopic (exact) mass is 416 g/mol. The van der Waals surface area contributed by atoms with E-state index >= 15 is 0 Å². The molecule has 0 amide bonds. The summed E-state index contributed by atoms with van der Waals surface area (Å²) in [6.45, 7) is 1.21. The molecule has 1 aliphatic carbocycles. The minimum Gasteiger partial charge on any atom is -0.453 e. The van der Waals surface area contributed by atoms with Crippen molar-refractivity contribution in [1.82, 2.24) is 0 Å². The first-order valence-corrected chi connectivity index (χ1v) is 9.08. The molecule has 154 valence electrons. The molecule has 8 nitrogen and oxygen atoms in total. The average Bonchev–Trinajstić information content (AvgIpc) is 3.00. The number of hydrogen-bond acceptors (Lipinski definition) is 6. The van der Waals surface area contributed by atoms with Crippen LogP contribution in [-0.4, -0.2) is 21.4 Å². The third-order valence-corrected chi connectivity index (χ3v) is 4.86. The van der Waals surface area contributed by atoms with Gasteiger partial charge < -0.3 is 4.74 Å². The molecular weight excluding hydrogens is 400 g/mol. The van der Waals surface area contributed by atoms with Crippen molar-refractivity contribution < 1.29 is 19.4 Å². The number of hydrogen-bond donors (Lipinski definition) is 0. The quantitative estimate of drug-likeness (QED) is 0.257. The third-order valence-electron chi connectivity index (χ3n) is 4.86. The van der Waals surface area contributed by atoms with Crippen LogP contribution in [0.25, 0.3) is 16.7 Å². The standard InChI is InChI=1S/C23H16N2O6/c1-4-10-23(11-5-2,31-15(3)26)14-22-20-12-16(24(27)28)6-8-18(20)19-9-7-17(25(29)30)13-21(19)22/h1-2,6-9,12-14H,10-11H2,3H3. The molecule has 0 aromatic heterocycles. The summed E-state index contributed by atoms with van der Waals surface area (Å²) in [6.07, 6.45) is 12.4. The highest BCUT2D eigenvalue weighted by atomic mass is 16.6. The van der Waals surface area contributed by atoms with Gasteiger partial charge in [-0.1, -0.05) is 0 Å².